The summed E-state index contributed by atoms with van der Waals surface area (Å²) < 4.78 is 0. The average Bonchev–Trinajstić information content (AvgIpc) is 1.35. The lowest BCUT2D eigenvalue weighted by molar-refractivity contribution is 0.436. The lowest BCUT2D eigenvalue weighted by Gasteiger charge is -2.02. The Morgan fingerprint density at radius 2 is 1.86 bits per heavy atom. The van der Waals surface area contributed by atoms with Gasteiger partial charge in [0.15, 0.2) is 0 Å². The highest BCUT2D eigenvalue weighted by Gasteiger charge is 1.81. The van der Waals surface area contributed by atoms with Gasteiger partial charge in [0.1, 0.15) is 0 Å². The van der Waals surface area contributed by atoms with Crippen LogP contribution in [-0.4, -0.2) is 39.8 Å². The molecular weight excluding hydrogens is 108 g/mol. The molecule has 0 aromatic rings. The second kappa shape index (κ2) is 6.31. The molecular formula is C4H10BClN. The molecule has 0 saturated carbocycles. The molecule has 3 radical (unpaired) electrons. The Hall–Kier alpha value is 0.315. The lowest BCUT2D eigenvalue weighted by atomic mass is 10.7. The van der Waals surface area contributed by atoms with Crippen molar-refractivity contribution in [3.8, 4) is 0 Å². The molecule has 0 saturated heterocycles. The summed E-state index contributed by atoms with van der Waals surface area (Å²) in [5.41, 5.74) is 0. The first-order chi connectivity index (χ1) is 2.77. The van der Waals surface area contributed by atoms with E-state index in [1.165, 1.54) is 0 Å². The number of rotatable bonds is 2. The van der Waals surface area contributed by atoms with Gasteiger partial charge < -0.3 is 4.90 Å². The topological polar surface area (TPSA) is 3.24 Å². The summed E-state index contributed by atoms with van der Waals surface area (Å²) in [5, 5.41) is 0. The van der Waals surface area contributed by atoms with Gasteiger partial charge in [-0.2, -0.15) is 0 Å². The van der Waals surface area contributed by atoms with E-state index in [9.17, 15) is 0 Å². The Kier molecular flexibility index (Phi) is 9.32. The van der Waals surface area contributed by atoms with Crippen molar-refractivity contribution in [3.05, 3.63) is 0 Å². The summed E-state index contributed by atoms with van der Waals surface area (Å²) in [6, 6.07) is 0. The number of hydrogen-bond donors (Lipinski definition) is 0. The molecule has 0 unspecified atom stereocenters. The molecule has 41 valence electrons. The second-order valence-electron chi connectivity index (χ2n) is 1.49. The Balaban J connectivity index is 0. The molecule has 1 nitrogen and oxygen atoms in total. The van der Waals surface area contributed by atoms with Crippen LogP contribution in [0.3, 0.4) is 0 Å². The first-order valence-corrected chi connectivity index (χ1v) is 2.51. The molecule has 0 aliphatic heterocycles. The molecule has 0 amide bonds. The van der Waals surface area contributed by atoms with E-state index in [2.05, 4.69) is 0 Å². The molecule has 0 aliphatic rings. The largest absolute Gasteiger partial charge is 0.308 e. The molecule has 0 N–H and O–H groups in total. The van der Waals surface area contributed by atoms with Crippen LogP contribution < -0.4 is 0 Å². The van der Waals surface area contributed by atoms with Gasteiger partial charge in [0.05, 0.1) is 0 Å². The van der Waals surface area contributed by atoms with Crippen molar-refractivity contribution in [2.75, 3.05) is 26.5 Å². The third-order valence-corrected chi connectivity index (χ3v) is 0.701. The Morgan fingerprint density at radius 1 is 1.43 bits per heavy atom. The van der Waals surface area contributed by atoms with Gasteiger partial charge in [-0.15, -0.1) is 11.6 Å². The number of alkyl halides is 1. The Morgan fingerprint density at radius 3 is 1.86 bits per heavy atom. The molecule has 0 heterocycles. The molecule has 0 atom stereocenters. The van der Waals surface area contributed by atoms with Gasteiger partial charge in [-0.05, 0) is 14.1 Å². The zero-order chi connectivity index (χ0) is 4.99. The van der Waals surface area contributed by atoms with Gasteiger partial charge >= 0.3 is 0 Å². The standard InChI is InChI=1S/C4H10ClN.B/c1-6(2)4-3-5;/h3-4H2,1-2H3;. The molecule has 0 bridgehead atoms. The van der Waals surface area contributed by atoms with Crippen molar-refractivity contribution in [1.82, 2.24) is 4.90 Å². The Bertz CT molecular complexity index is 32.9. The normalized spacial score (nSPS) is 8.57. The molecule has 0 aromatic heterocycles. The van der Waals surface area contributed by atoms with E-state index in [0.29, 0.717) is 0 Å². The van der Waals surface area contributed by atoms with Gasteiger partial charge in [-0.1, -0.05) is 0 Å². The van der Waals surface area contributed by atoms with Crippen molar-refractivity contribution < 1.29 is 0 Å². The molecule has 0 rings (SSSR count). The summed E-state index contributed by atoms with van der Waals surface area (Å²) in [4.78, 5) is 2.05. The molecule has 0 aliphatic carbocycles. The molecule has 0 fully saturated rings. The van der Waals surface area contributed by atoms with E-state index < -0.39 is 0 Å². The third kappa shape index (κ3) is 10.7. The van der Waals surface area contributed by atoms with E-state index in [1.807, 2.05) is 19.0 Å². The SMILES string of the molecule is CN(C)CCCl.[B]. The minimum Gasteiger partial charge on any atom is -0.308 e. The number of hydrogen-bond acceptors (Lipinski definition) is 1. The van der Waals surface area contributed by atoms with Crippen LogP contribution in [0, 0.1) is 0 Å². The highest BCUT2D eigenvalue weighted by atomic mass is 35.5. The van der Waals surface area contributed by atoms with Gasteiger partial charge in [0.25, 0.3) is 0 Å². The summed E-state index contributed by atoms with van der Waals surface area (Å²) in [7, 11) is 4.00. The number of halogens is 1. The molecule has 7 heavy (non-hydrogen) atoms. The van der Waals surface area contributed by atoms with Crippen molar-refractivity contribution >= 4 is 20.0 Å². The van der Waals surface area contributed by atoms with E-state index in [-0.39, 0.29) is 8.41 Å². The summed E-state index contributed by atoms with van der Waals surface area (Å²) in [6.45, 7) is 0.974. The summed E-state index contributed by atoms with van der Waals surface area (Å²) in [5.74, 6) is 0.729. The van der Waals surface area contributed by atoms with Gasteiger partial charge in [0.2, 0.25) is 0 Å². The fraction of sp³-hybridized carbons (Fsp3) is 1.00. The van der Waals surface area contributed by atoms with Crippen LogP contribution in [0.4, 0.5) is 0 Å². The minimum absolute atomic E-state index is 0. The van der Waals surface area contributed by atoms with Crippen LogP contribution in [0.15, 0.2) is 0 Å². The van der Waals surface area contributed by atoms with Crippen LogP contribution in [0.1, 0.15) is 0 Å². The summed E-state index contributed by atoms with van der Waals surface area (Å²) >= 11 is 5.35. The molecule has 0 spiro atoms. The lowest BCUT2D eigenvalue weighted by Crippen LogP contribution is -2.13. The fourth-order valence-corrected chi connectivity index (χ4v) is 0.507. The predicted octanol–water partition coefficient (Wildman–Crippen LogP) is 0.406. The van der Waals surface area contributed by atoms with Crippen LogP contribution in [-0.2, 0) is 0 Å². The first-order valence-electron chi connectivity index (χ1n) is 1.98. The minimum atomic E-state index is 0. The first kappa shape index (κ1) is 10.3. The monoisotopic (exact) mass is 118 g/mol. The maximum Gasteiger partial charge on any atom is 0.0350 e. The van der Waals surface area contributed by atoms with Gasteiger partial charge in [-0.25, -0.2) is 0 Å². The predicted molar refractivity (Wildman–Crippen MR) is 35.0 cm³/mol. The number of nitrogens with zero attached hydrogens (tertiary/aromatic N) is 1. The van der Waals surface area contributed by atoms with Crippen LogP contribution >= 0.6 is 11.6 Å². The van der Waals surface area contributed by atoms with Crippen LogP contribution in [0.25, 0.3) is 0 Å². The Labute approximate surface area is 52.2 Å². The van der Waals surface area contributed by atoms with E-state index >= 15 is 0 Å². The van der Waals surface area contributed by atoms with Gasteiger partial charge in [0, 0.05) is 20.8 Å². The van der Waals surface area contributed by atoms with Crippen molar-refractivity contribution in [1.29, 1.82) is 0 Å². The molecule has 0 aromatic carbocycles. The highest BCUT2D eigenvalue weighted by Crippen LogP contribution is 1.75. The van der Waals surface area contributed by atoms with Gasteiger partial charge in [-0.3, -0.25) is 0 Å². The summed E-state index contributed by atoms with van der Waals surface area (Å²) in [6.07, 6.45) is 0. The highest BCUT2D eigenvalue weighted by molar-refractivity contribution is 6.18. The fourth-order valence-electron chi connectivity index (χ4n) is 0.169. The van der Waals surface area contributed by atoms with Crippen molar-refractivity contribution in [2.24, 2.45) is 0 Å². The second-order valence-corrected chi connectivity index (χ2v) is 1.87. The molecule has 3 heteroatoms. The zero-order valence-electron chi connectivity index (χ0n) is 4.82. The van der Waals surface area contributed by atoms with E-state index in [1.54, 1.807) is 0 Å². The van der Waals surface area contributed by atoms with E-state index in [0.717, 1.165) is 12.4 Å². The smallest absolute Gasteiger partial charge is 0.0350 e. The zero-order valence-corrected chi connectivity index (χ0v) is 5.57. The quantitative estimate of drug-likeness (QED) is 0.375. The maximum atomic E-state index is 5.35. The maximum absolute atomic E-state index is 5.35. The third-order valence-electron chi connectivity index (χ3n) is 0.532. The van der Waals surface area contributed by atoms with Crippen molar-refractivity contribution in [2.45, 2.75) is 0 Å². The van der Waals surface area contributed by atoms with Crippen LogP contribution in [0.5, 0.6) is 0 Å². The van der Waals surface area contributed by atoms with E-state index in [4.69, 9.17) is 11.6 Å². The average molecular weight is 118 g/mol. The van der Waals surface area contributed by atoms with Crippen molar-refractivity contribution in [3.63, 3.8) is 0 Å². The van der Waals surface area contributed by atoms with Crippen LogP contribution in [0.2, 0.25) is 0 Å².